The highest BCUT2D eigenvalue weighted by molar-refractivity contribution is 5.92. The second kappa shape index (κ2) is 8.01. The van der Waals surface area contributed by atoms with Crippen molar-refractivity contribution >= 4 is 17.8 Å². The molecule has 6 heteroatoms. The van der Waals surface area contributed by atoms with E-state index in [0.29, 0.717) is 17.3 Å². The number of carbonyl (C=O) groups is 2. The summed E-state index contributed by atoms with van der Waals surface area (Å²) in [4.78, 5) is 36.3. The lowest BCUT2D eigenvalue weighted by Gasteiger charge is -2.49. The van der Waals surface area contributed by atoms with Gasteiger partial charge in [-0.3, -0.25) is 4.79 Å². The minimum Gasteiger partial charge on any atom is -0.495 e. The molecule has 4 rings (SSSR count). The molecular formula is C25H29NO5. The molecule has 1 aliphatic heterocycles. The van der Waals surface area contributed by atoms with E-state index in [1.807, 2.05) is 5.94 Å². The predicted molar refractivity (Wildman–Crippen MR) is 115 cm³/mol. The van der Waals surface area contributed by atoms with Crippen molar-refractivity contribution in [1.29, 1.82) is 0 Å². The van der Waals surface area contributed by atoms with Gasteiger partial charge in [-0.15, -0.1) is 0 Å². The highest BCUT2D eigenvalue weighted by Crippen LogP contribution is 2.57. The molecule has 5 atom stereocenters. The molecule has 0 aromatic rings. The van der Waals surface area contributed by atoms with Gasteiger partial charge in [0.2, 0.25) is 5.91 Å². The first kappa shape index (κ1) is 21.4. The molecule has 0 spiro atoms. The Morgan fingerprint density at radius 3 is 2.90 bits per heavy atom. The zero-order valence-corrected chi connectivity index (χ0v) is 18.3. The van der Waals surface area contributed by atoms with Gasteiger partial charge in [-0.25, -0.2) is 9.59 Å². The second-order valence-corrected chi connectivity index (χ2v) is 9.36. The molecule has 0 aromatic heterocycles. The van der Waals surface area contributed by atoms with E-state index in [-0.39, 0.29) is 40.6 Å². The largest absolute Gasteiger partial charge is 0.495 e. The van der Waals surface area contributed by atoms with Crippen LogP contribution in [0.5, 0.6) is 0 Å². The number of carbonyl (C=O) groups excluding carboxylic acids is 3. The van der Waals surface area contributed by atoms with E-state index in [0.717, 1.165) is 32.1 Å². The number of hydrogen-bond acceptors (Lipinski definition) is 5. The summed E-state index contributed by atoms with van der Waals surface area (Å²) in [5.41, 5.74) is 2.53. The van der Waals surface area contributed by atoms with Crippen LogP contribution in [0.1, 0.15) is 46.0 Å². The SMILES string of the molecule is C=C1CCC[C@]2(C)C[C@H]3OC(=O)/C(=C/C4C=CC(OC)=C(NC(C)=O)C4=C=O)[C@H]3C[C@@H]12. The lowest BCUT2D eigenvalue weighted by atomic mass is 9.55. The maximum Gasteiger partial charge on any atom is 0.334 e. The van der Waals surface area contributed by atoms with Gasteiger partial charge in [0.1, 0.15) is 17.8 Å². The molecule has 1 heterocycles. The lowest BCUT2D eigenvalue weighted by Crippen LogP contribution is -2.43. The van der Waals surface area contributed by atoms with Gasteiger partial charge in [-0.1, -0.05) is 31.2 Å². The van der Waals surface area contributed by atoms with Crippen molar-refractivity contribution in [3.05, 3.63) is 53.0 Å². The summed E-state index contributed by atoms with van der Waals surface area (Å²) in [6.07, 6.45) is 10.1. The van der Waals surface area contributed by atoms with Crippen LogP contribution >= 0.6 is 0 Å². The van der Waals surface area contributed by atoms with Gasteiger partial charge in [0.05, 0.1) is 18.4 Å². The highest BCUT2D eigenvalue weighted by atomic mass is 16.6. The summed E-state index contributed by atoms with van der Waals surface area (Å²) in [6.45, 7) is 7.98. The third-order valence-electron chi connectivity index (χ3n) is 7.37. The fraction of sp³-hybridized carbons (Fsp3) is 0.520. The Hall–Kier alpha value is -2.85. The van der Waals surface area contributed by atoms with E-state index < -0.39 is 5.92 Å². The van der Waals surface area contributed by atoms with Crippen molar-refractivity contribution in [1.82, 2.24) is 5.32 Å². The average molecular weight is 424 g/mol. The smallest absolute Gasteiger partial charge is 0.334 e. The van der Waals surface area contributed by atoms with Crippen LogP contribution in [-0.4, -0.2) is 31.0 Å². The number of hydrogen-bond donors (Lipinski definition) is 1. The van der Waals surface area contributed by atoms with Gasteiger partial charge in [0.15, 0.2) is 0 Å². The van der Waals surface area contributed by atoms with Gasteiger partial charge in [-0.05, 0) is 49.5 Å². The number of nitrogens with one attached hydrogen (secondary N) is 1. The average Bonchev–Trinajstić information content (AvgIpc) is 3.00. The van der Waals surface area contributed by atoms with Crippen LogP contribution in [0.4, 0.5) is 0 Å². The maximum absolute atomic E-state index is 12.8. The first-order valence-electron chi connectivity index (χ1n) is 10.9. The minimum atomic E-state index is -0.498. The molecule has 1 saturated heterocycles. The van der Waals surface area contributed by atoms with Gasteiger partial charge in [0, 0.05) is 24.3 Å². The number of rotatable bonds is 3. The Morgan fingerprint density at radius 2 is 2.23 bits per heavy atom. The Balaban J connectivity index is 1.66. The van der Waals surface area contributed by atoms with Crippen LogP contribution in [-0.2, 0) is 23.9 Å². The number of allylic oxidation sites excluding steroid dienone is 5. The molecule has 31 heavy (non-hydrogen) atoms. The normalized spacial score (nSPS) is 36.0. The summed E-state index contributed by atoms with van der Waals surface area (Å²) in [7, 11) is 1.47. The highest BCUT2D eigenvalue weighted by Gasteiger charge is 2.53. The molecular weight excluding hydrogens is 394 g/mol. The third kappa shape index (κ3) is 3.70. The first-order chi connectivity index (χ1) is 14.8. The van der Waals surface area contributed by atoms with Gasteiger partial charge >= 0.3 is 5.97 Å². The van der Waals surface area contributed by atoms with Crippen LogP contribution in [0.3, 0.4) is 0 Å². The molecule has 1 N–H and O–H groups in total. The quantitative estimate of drug-likeness (QED) is 0.325. The van der Waals surface area contributed by atoms with Crippen molar-refractivity contribution in [2.45, 2.75) is 52.1 Å². The molecule has 164 valence electrons. The van der Waals surface area contributed by atoms with Crippen molar-refractivity contribution in [3.8, 4) is 0 Å². The summed E-state index contributed by atoms with van der Waals surface area (Å²) in [5, 5.41) is 2.66. The molecule has 6 nitrogen and oxygen atoms in total. The molecule has 0 bridgehead atoms. The molecule has 3 fully saturated rings. The van der Waals surface area contributed by atoms with E-state index in [2.05, 4.69) is 18.8 Å². The number of amides is 1. The van der Waals surface area contributed by atoms with Crippen molar-refractivity contribution in [3.63, 3.8) is 0 Å². The zero-order valence-electron chi connectivity index (χ0n) is 18.3. The number of esters is 1. The Bertz CT molecular complexity index is 980. The van der Waals surface area contributed by atoms with Crippen LogP contribution in [0.2, 0.25) is 0 Å². The van der Waals surface area contributed by atoms with Crippen LogP contribution < -0.4 is 5.32 Å². The van der Waals surface area contributed by atoms with Gasteiger partial charge in [-0.2, -0.15) is 0 Å². The topological polar surface area (TPSA) is 81.7 Å². The maximum atomic E-state index is 12.8. The summed E-state index contributed by atoms with van der Waals surface area (Å²) in [6, 6.07) is 0. The van der Waals surface area contributed by atoms with Crippen molar-refractivity contribution < 1.29 is 23.9 Å². The van der Waals surface area contributed by atoms with Crippen LogP contribution in [0.15, 0.2) is 53.0 Å². The van der Waals surface area contributed by atoms with Crippen molar-refractivity contribution in [2.75, 3.05) is 7.11 Å². The Kier molecular flexibility index (Phi) is 5.52. The van der Waals surface area contributed by atoms with E-state index in [1.165, 1.54) is 19.6 Å². The van der Waals surface area contributed by atoms with E-state index in [9.17, 15) is 14.4 Å². The fourth-order valence-corrected chi connectivity index (χ4v) is 5.86. The third-order valence-corrected chi connectivity index (χ3v) is 7.37. The van der Waals surface area contributed by atoms with Crippen LogP contribution in [0, 0.1) is 23.2 Å². The summed E-state index contributed by atoms with van der Waals surface area (Å²) in [5.74, 6) is 1.55. The lowest BCUT2D eigenvalue weighted by molar-refractivity contribution is -0.142. The number of fused-ring (bicyclic) bond motifs is 2. The molecule has 0 aromatic carbocycles. The minimum absolute atomic E-state index is 0.0151. The van der Waals surface area contributed by atoms with Gasteiger partial charge < -0.3 is 14.8 Å². The zero-order chi connectivity index (χ0) is 22.3. The monoisotopic (exact) mass is 423 g/mol. The molecule has 2 saturated carbocycles. The Morgan fingerprint density at radius 1 is 1.45 bits per heavy atom. The molecule has 1 unspecified atom stereocenters. The standard InChI is InChI=1S/C25H29NO5/c1-14-6-5-9-25(3)12-22-17(11-20(14)25)18(24(29)31-22)10-16-7-8-21(30-4)23(19(16)13-27)26-15(2)28/h7-8,10,16-17,20,22H,1,5-6,9,11-12H2,2-4H3,(H,26,28)/b18-10+/t16?,17-,20+,22-,25-/m1/s1. The molecule has 0 radical (unpaired) electrons. The number of methoxy groups -OCH3 is 1. The van der Waals surface area contributed by atoms with E-state index >= 15 is 0 Å². The Labute approximate surface area is 182 Å². The first-order valence-corrected chi connectivity index (χ1v) is 10.9. The number of ether oxygens (including phenoxy) is 2. The molecule has 4 aliphatic rings. The molecule has 3 aliphatic carbocycles. The second-order valence-electron chi connectivity index (χ2n) is 9.36. The van der Waals surface area contributed by atoms with E-state index in [1.54, 1.807) is 18.2 Å². The predicted octanol–water partition coefficient (Wildman–Crippen LogP) is 3.55. The summed E-state index contributed by atoms with van der Waals surface area (Å²) >= 11 is 0. The van der Waals surface area contributed by atoms with Crippen molar-refractivity contribution in [2.24, 2.45) is 23.2 Å². The van der Waals surface area contributed by atoms with Crippen LogP contribution in [0.25, 0.3) is 0 Å². The van der Waals surface area contributed by atoms with Gasteiger partial charge in [0.25, 0.3) is 0 Å². The molecule has 1 amide bonds. The summed E-state index contributed by atoms with van der Waals surface area (Å²) < 4.78 is 11.1. The fourth-order valence-electron chi connectivity index (χ4n) is 5.86. The van der Waals surface area contributed by atoms with E-state index in [4.69, 9.17) is 9.47 Å².